The monoisotopic (exact) mass is 443 g/mol. The number of nitrogens with one attached hydrogen (secondary N) is 1. The molecule has 178 valence electrons. The van der Waals surface area contributed by atoms with Crippen molar-refractivity contribution in [1.82, 2.24) is 15.1 Å². The highest BCUT2D eigenvalue weighted by Crippen LogP contribution is 2.38. The van der Waals surface area contributed by atoms with Crippen LogP contribution < -0.4 is 5.32 Å². The van der Waals surface area contributed by atoms with Crippen LogP contribution in [0.15, 0.2) is 30.3 Å². The van der Waals surface area contributed by atoms with Gasteiger partial charge in [-0.2, -0.15) is 0 Å². The molecule has 2 fully saturated rings. The van der Waals surface area contributed by atoms with E-state index in [-0.39, 0.29) is 11.9 Å². The quantitative estimate of drug-likeness (QED) is 0.683. The highest BCUT2D eigenvalue weighted by molar-refractivity contribution is 5.86. The van der Waals surface area contributed by atoms with Gasteiger partial charge in [-0.15, -0.1) is 0 Å². The van der Waals surface area contributed by atoms with Gasteiger partial charge in [-0.25, -0.2) is 4.79 Å². The van der Waals surface area contributed by atoms with Crippen LogP contribution in [0, 0.1) is 17.8 Å². The first-order valence-electron chi connectivity index (χ1n) is 12.1. The molecular weight excluding hydrogens is 402 g/mol. The van der Waals surface area contributed by atoms with Crippen LogP contribution in [0.4, 0.5) is 4.79 Å². The molecule has 2 amide bonds. The Morgan fingerprint density at radius 1 is 1.16 bits per heavy atom. The highest BCUT2D eigenvalue weighted by Gasteiger charge is 2.44. The number of carbonyl (C=O) groups excluding carboxylic acids is 2. The molecule has 1 aliphatic heterocycles. The average Bonchev–Trinajstić information content (AvgIpc) is 3.26. The van der Waals surface area contributed by atoms with Crippen LogP contribution >= 0.6 is 0 Å². The number of likely N-dealkylation sites (tertiary alicyclic amines) is 1. The van der Waals surface area contributed by atoms with Crippen molar-refractivity contribution in [3.63, 3.8) is 0 Å². The zero-order valence-corrected chi connectivity index (χ0v) is 20.6. The minimum atomic E-state index is -0.588. The van der Waals surface area contributed by atoms with Crippen molar-refractivity contribution in [2.45, 2.75) is 78.1 Å². The van der Waals surface area contributed by atoms with E-state index in [2.05, 4.69) is 54.4 Å². The van der Waals surface area contributed by atoms with Gasteiger partial charge in [0.15, 0.2) is 0 Å². The normalized spacial score (nSPS) is 24.3. The van der Waals surface area contributed by atoms with Crippen LogP contribution in [0.25, 0.3) is 0 Å². The summed E-state index contributed by atoms with van der Waals surface area (Å²) in [5.41, 5.74) is 0.749. The summed E-state index contributed by atoms with van der Waals surface area (Å²) in [4.78, 5) is 30.0. The second-order valence-corrected chi connectivity index (χ2v) is 11.0. The minimum Gasteiger partial charge on any atom is -0.444 e. The highest BCUT2D eigenvalue weighted by atomic mass is 16.6. The molecule has 3 rings (SSSR count). The number of carbonyl (C=O) groups is 2. The van der Waals surface area contributed by atoms with Gasteiger partial charge in [0.05, 0.1) is 0 Å². The van der Waals surface area contributed by atoms with Crippen molar-refractivity contribution in [3.8, 4) is 0 Å². The Morgan fingerprint density at radius 2 is 1.84 bits per heavy atom. The lowest BCUT2D eigenvalue weighted by molar-refractivity contribution is -0.127. The van der Waals surface area contributed by atoms with Crippen molar-refractivity contribution < 1.29 is 14.3 Å². The number of nitrogens with zero attached hydrogens (tertiary/aromatic N) is 2. The third-order valence-corrected chi connectivity index (χ3v) is 6.66. The van der Waals surface area contributed by atoms with Crippen LogP contribution in [0.3, 0.4) is 0 Å². The average molecular weight is 444 g/mol. The number of rotatable bonds is 7. The minimum absolute atomic E-state index is 0.0563. The van der Waals surface area contributed by atoms with Gasteiger partial charge in [-0.3, -0.25) is 14.6 Å². The number of likely N-dealkylation sites (N-methyl/N-ethyl adjacent to an activating group) is 1. The van der Waals surface area contributed by atoms with E-state index in [1.807, 2.05) is 20.8 Å². The van der Waals surface area contributed by atoms with Crippen molar-refractivity contribution in [1.29, 1.82) is 0 Å². The molecule has 6 nitrogen and oxygen atoms in total. The van der Waals surface area contributed by atoms with E-state index in [0.29, 0.717) is 24.2 Å². The lowest BCUT2D eigenvalue weighted by atomic mass is 9.96. The summed E-state index contributed by atoms with van der Waals surface area (Å²) in [6.07, 6.45) is 2.34. The van der Waals surface area contributed by atoms with E-state index in [9.17, 15) is 9.59 Å². The first-order chi connectivity index (χ1) is 15.0. The summed E-state index contributed by atoms with van der Waals surface area (Å²) in [6.45, 7) is 12.8. The van der Waals surface area contributed by atoms with E-state index >= 15 is 0 Å². The molecule has 1 aliphatic carbocycles. The summed E-state index contributed by atoms with van der Waals surface area (Å²) in [6, 6.07) is 10.2. The molecule has 1 aromatic carbocycles. The third kappa shape index (κ3) is 6.47. The summed E-state index contributed by atoms with van der Waals surface area (Å²) in [5, 5.41) is 3.32. The standard InChI is InChI=1S/C26H41N3O3/c1-18(2)14-23(28(6)25(31)32-26(3,4)5)24(30)27-22-13-12-20-16-29(17-21(20)22)15-19-10-8-7-9-11-19/h7-11,18,20-23H,12-17H2,1-6H3,(H,27,30)/t20-,21?,22?,23?/m0/s1. The fourth-order valence-electron chi connectivity index (χ4n) is 5.14. The van der Waals surface area contributed by atoms with Crippen LogP contribution in [0.5, 0.6) is 0 Å². The maximum atomic E-state index is 13.3. The van der Waals surface area contributed by atoms with E-state index in [1.165, 1.54) is 10.5 Å². The van der Waals surface area contributed by atoms with E-state index in [1.54, 1.807) is 7.05 Å². The topological polar surface area (TPSA) is 61.9 Å². The van der Waals surface area contributed by atoms with E-state index in [4.69, 9.17) is 4.74 Å². The smallest absolute Gasteiger partial charge is 0.410 e. The summed E-state index contributed by atoms with van der Waals surface area (Å²) < 4.78 is 5.52. The predicted molar refractivity (Wildman–Crippen MR) is 127 cm³/mol. The van der Waals surface area contributed by atoms with Crippen molar-refractivity contribution in [2.75, 3.05) is 20.1 Å². The molecule has 3 unspecified atom stereocenters. The van der Waals surface area contributed by atoms with E-state index in [0.717, 1.165) is 32.5 Å². The molecule has 0 radical (unpaired) electrons. The molecule has 1 N–H and O–H groups in total. The predicted octanol–water partition coefficient (Wildman–Crippen LogP) is 4.29. The molecule has 1 saturated carbocycles. The summed E-state index contributed by atoms with van der Waals surface area (Å²) >= 11 is 0. The molecule has 1 heterocycles. The van der Waals surface area contributed by atoms with Crippen molar-refractivity contribution in [2.24, 2.45) is 17.8 Å². The zero-order valence-electron chi connectivity index (χ0n) is 20.6. The molecule has 2 aliphatic rings. The van der Waals surface area contributed by atoms with Crippen LogP contribution in [-0.2, 0) is 16.1 Å². The number of hydrogen-bond acceptors (Lipinski definition) is 4. The number of benzene rings is 1. The van der Waals surface area contributed by atoms with E-state index < -0.39 is 17.7 Å². The molecule has 32 heavy (non-hydrogen) atoms. The molecule has 0 bridgehead atoms. The number of fused-ring (bicyclic) bond motifs is 1. The van der Waals surface area contributed by atoms with Gasteiger partial charge in [-0.1, -0.05) is 44.2 Å². The second kappa shape index (κ2) is 10.2. The Labute approximate surface area is 193 Å². The maximum Gasteiger partial charge on any atom is 0.410 e. The molecule has 1 saturated heterocycles. The lowest BCUT2D eigenvalue weighted by Gasteiger charge is -2.32. The lowest BCUT2D eigenvalue weighted by Crippen LogP contribution is -2.52. The number of hydrogen-bond donors (Lipinski definition) is 1. The van der Waals surface area contributed by atoms with Gasteiger partial charge in [-0.05, 0) is 63.4 Å². The fourth-order valence-corrected chi connectivity index (χ4v) is 5.14. The number of ether oxygens (including phenoxy) is 1. The van der Waals surface area contributed by atoms with Gasteiger partial charge >= 0.3 is 6.09 Å². The summed E-state index contributed by atoms with van der Waals surface area (Å²) in [5.74, 6) is 1.35. The Hall–Kier alpha value is -2.08. The van der Waals surface area contributed by atoms with Crippen LogP contribution in [-0.4, -0.2) is 59.6 Å². The molecule has 6 heteroatoms. The second-order valence-electron chi connectivity index (χ2n) is 11.0. The fraction of sp³-hybridized carbons (Fsp3) is 0.692. The number of amides is 2. The first-order valence-corrected chi connectivity index (χ1v) is 12.1. The van der Waals surface area contributed by atoms with Gasteiger partial charge in [0, 0.05) is 32.7 Å². The molecule has 0 spiro atoms. The molecule has 4 atom stereocenters. The van der Waals surface area contributed by atoms with Gasteiger partial charge in [0.1, 0.15) is 11.6 Å². The van der Waals surface area contributed by atoms with Crippen molar-refractivity contribution in [3.05, 3.63) is 35.9 Å². The largest absolute Gasteiger partial charge is 0.444 e. The van der Waals surface area contributed by atoms with Gasteiger partial charge in [0.2, 0.25) is 5.91 Å². The van der Waals surface area contributed by atoms with Crippen LogP contribution in [0.2, 0.25) is 0 Å². The molecular formula is C26H41N3O3. The maximum absolute atomic E-state index is 13.3. The Bertz CT molecular complexity index is 774. The zero-order chi connectivity index (χ0) is 23.5. The Balaban J connectivity index is 1.61. The third-order valence-electron chi connectivity index (χ3n) is 6.66. The SMILES string of the molecule is CC(C)CC(C(=O)NC1CC[C@H]2CN(Cc3ccccc3)CC12)N(C)C(=O)OC(C)(C)C. The van der Waals surface area contributed by atoms with Gasteiger partial charge < -0.3 is 10.1 Å². The first kappa shape index (κ1) is 24.6. The Kier molecular flexibility index (Phi) is 7.86. The van der Waals surface area contributed by atoms with Crippen molar-refractivity contribution >= 4 is 12.0 Å². The summed E-state index contributed by atoms with van der Waals surface area (Å²) in [7, 11) is 1.68. The molecule has 0 aromatic heterocycles. The molecule has 1 aromatic rings. The van der Waals surface area contributed by atoms with Crippen LogP contribution in [0.1, 0.15) is 59.4 Å². The Morgan fingerprint density at radius 3 is 2.47 bits per heavy atom. The van der Waals surface area contributed by atoms with Gasteiger partial charge in [0.25, 0.3) is 0 Å².